The van der Waals surface area contributed by atoms with Crippen LogP contribution >= 0.6 is 0 Å². The van der Waals surface area contributed by atoms with Gasteiger partial charge in [0.05, 0.1) is 17.8 Å². The molecule has 0 aromatic heterocycles. The maximum absolute atomic E-state index is 5.48. The Balaban J connectivity index is 0.000000516. The summed E-state index contributed by atoms with van der Waals surface area (Å²) in [7, 11) is 0. The van der Waals surface area contributed by atoms with Gasteiger partial charge in [0.2, 0.25) is 0 Å². The van der Waals surface area contributed by atoms with Crippen LogP contribution in [0.4, 0.5) is 0 Å². The Morgan fingerprint density at radius 1 is 0.667 bits per heavy atom. The van der Waals surface area contributed by atoms with E-state index in [1.54, 1.807) is 0 Å². The summed E-state index contributed by atoms with van der Waals surface area (Å²) in [5.74, 6) is 0. The monoisotopic (exact) mass is 382 g/mol. The Hall–Kier alpha value is -0.940. The molecule has 0 aliphatic heterocycles. The standard InChI is InChI=1S/C13H20O2.C10H22O2/c1-12(2,3)14-15-13(4,5)11-9-7-6-8-10-11;1-5-6-7-8-9-11-12-10(2,3)4/h6-10H,1-5H3;5-9H2,1-4H3. The van der Waals surface area contributed by atoms with Crippen LogP contribution in [-0.4, -0.2) is 17.8 Å². The lowest BCUT2D eigenvalue weighted by Gasteiger charge is -2.28. The van der Waals surface area contributed by atoms with Gasteiger partial charge in [0.1, 0.15) is 5.60 Å². The van der Waals surface area contributed by atoms with E-state index in [1.807, 2.05) is 85.7 Å². The highest BCUT2D eigenvalue weighted by molar-refractivity contribution is 5.20. The highest BCUT2D eigenvalue weighted by Crippen LogP contribution is 2.26. The van der Waals surface area contributed by atoms with Gasteiger partial charge in [-0.2, -0.15) is 0 Å². The van der Waals surface area contributed by atoms with Gasteiger partial charge >= 0.3 is 0 Å². The van der Waals surface area contributed by atoms with Crippen molar-refractivity contribution < 1.29 is 19.6 Å². The molecule has 0 saturated heterocycles. The molecular weight excluding hydrogens is 340 g/mol. The van der Waals surface area contributed by atoms with Crippen molar-refractivity contribution in [1.82, 2.24) is 0 Å². The first-order valence-corrected chi connectivity index (χ1v) is 10.1. The summed E-state index contributed by atoms with van der Waals surface area (Å²) in [4.78, 5) is 21.0. The summed E-state index contributed by atoms with van der Waals surface area (Å²) in [6.07, 6.45) is 4.90. The molecule has 4 nitrogen and oxygen atoms in total. The van der Waals surface area contributed by atoms with E-state index < -0.39 is 5.60 Å². The molecule has 27 heavy (non-hydrogen) atoms. The molecule has 1 aromatic carbocycles. The summed E-state index contributed by atoms with van der Waals surface area (Å²) in [5.41, 5.74) is 0.222. The second kappa shape index (κ2) is 12.5. The van der Waals surface area contributed by atoms with Gasteiger partial charge in [-0.25, -0.2) is 19.6 Å². The smallest absolute Gasteiger partial charge is 0.123 e. The number of hydrogen-bond acceptors (Lipinski definition) is 4. The third kappa shape index (κ3) is 15.8. The van der Waals surface area contributed by atoms with Gasteiger partial charge in [0, 0.05) is 0 Å². The minimum Gasteiger partial charge on any atom is -0.236 e. The maximum atomic E-state index is 5.48. The van der Waals surface area contributed by atoms with Crippen LogP contribution in [0.5, 0.6) is 0 Å². The molecule has 0 fully saturated rings. The Kier molecular flexibility index (Phi) is 12.1. The fourth-order valence-corrected chi connectivity index (χ4v) is 1.92. The first-order valence-electron chi connectivity index (χ1n) is 10.1. The number of benzene rings is 1. The van der Waals surface area contributed by atoms with E-state index in [9.17, 15) is 0 Å². The molecule has 0 amide bonds. The van der Waals surface area contributed by atoms with Crippen LogP contribution in [0.25, 0.3) is 0 Å². The van der Waals surface area contributed by atoms with Crippen LogP contribution in [0.2, 0.25) is 0 Å². The molecule has 4 heteroatoms. The van der Waals surface area contributed by atoms with Gasteiger partial charge in [-0.1, -0.05) is 56.5 Å². The molecule has 0 N–H and O–H groups in total. The quantitative estimate of drug-likeness (QED) is 0.262. The van der Waals surface area contributed by atoms with Crippen LogP contribution < -0.4 is 0 Å². The number of rotatable bonds is 9. The minimum absolute atomic E-state index is 0.176. The molecule has 1 rings (SSSR count). The molecular formula is C23H42O4. The normalized spacial score (nSPS) is 12.5. The van der Waals surface area contributed by atoms with E-state index >= 15 is 0 Å². The third-order valence-corrected chi connectivity index (χ3v) is 3.36. The fourth-order valence-electron chi connectivity index (χ4n) is 1.92. The van der Waals surface area contributed by atoms with E-state index in [2.05, 4.69) is 6.92 Å². The molecule has 0 aliphatic rings. The summed E-state index contributed by atoms with van der Waals surface area (Å²) in [5, 5.41) is 0. The van der Waals surface area contributed by atoms with Crippen molar-refractivity contribution in [2.45, 2.75) is 105 Å². The van der Waals surface area contributed by atoms with Crippen molar-refractivity contribution in [1.29, 1.82) is 0 Å². The summed E-state index contributed by atoms with van der Waals surface area (Å²) in [6, 6.07) is 10.1. The molecule has 0 radical (unpaired) electrons. The summed E-state index contributed by atoms with van der Waals surface area (Å²) >= 11 is 0. The Morgan fingerprint density at radius 2 is 1.22 bits per heavy atom. The number of hydrogen-bond donors (Lipinski definition) is 0. The molecule has 0 heterocycles. The molecule has 158 valence electrons. The Labute approximate surface area is 167 Å². The zero-order chi connectivity index (χ0) is 21.0. The first-order chi connectivity index (χ1) is 12.4. The van der Waals surface area contributed by atoms with Gasteiger partial charge in [0.25, 0.3) is 0 Å². The van der Waals surface area contributed by atoms with Crippen LogP contribution in [0, 0.1) is 0 Å². The van der Waals surface area contributed by atoms with Gasteiger partial charge in [0.15, 0.2) is 0 Å². The lowest BCUT2D eigenvalue weighted by molar-refractivity contribution is -0.401. The van der Waals surface area contributed by atoms with Crippen LogP contribution in [0.15, 0.2) is 30.3 Å². The van der Waals surface area contributed by atoms with Crippen molar-refractivity contribution in [3.63, 3.8) is 0 Å². The van der Waals surface area contributed by atoms with Crippen molar-refractivity contribution in [3.8, 4) is 0 Å². The molecule has 1 aromatic rings. The third-order valence-electron chi connectivity index (χ3n) is 3.36. The van der Waals surface area contributed by atoms with Crippen molar-refractivity contribution in [2.75, 3.05) is 6.61 Å². The Bertz CT molecular complexity index is 469. The average molecular weight is 383 g/mol. The van der Waals surface area contributed by atoms with E-state index in [1.165, 1.54) is 19.3 Å². The topological polar surface area (TPSA) is 36.9 Å². The Morgan fingerprint density at radius 3 is 1.70 bits per heavy atom. The van der Waals surface area contributed by atoms with Crippen molar-refractivity contribution in [3.05, 3.63) is 35.9 Å². The average Bonchev–Trinajstić information content (AvgIpc) is 2.56. The second-order valence-electron chi connectivity index (χ2n) is 9.23. The molecule has 0 spiro atoms. The van der Waals surface area contributed by atoms with Crippen molar-refractivity contribution >= 4 is 0 Å². The SMILES string of the molecule is CC(C)(C)OOC(C)(C)c1ccccc1.CCCCCCOOC(C)(C)C. The van der Waals surface area contributed by atoms with E-state index in [0.29, 0.717) is 0 Å². The fraction of sp³-hybridized carbons (Fsp3) is 0.739. The lowest BCUT2D eigenvalue weighted by atomic mass is 9.99. The molecule has 0 aliphatic carbocycles. The summed E-state index contributed by atoms with van der Waals surface area (Å²) < 4.78 is 0. The predicted molar refractivity (Wildman–Crippen MR) is 112 cm³/mol. The molecule has 0 atom stereocenters. The summed E-state index contributed by atoms with van der Waals surface area (Å²) in [6.45, 7) is 18.8. The highest BCUT2D eigenvalue weighted by Gasteiger charge is 2.25. The number of unbranched alkanes of at least 4 members (excludes halogenated alkanes) is 3. The molecule has 0 bridgehead atoms. The predicted octanol–water partition coefficient (Wildman–Crippen LogP) is 6.98. The van der Waals surface area contributed by atoms with Gasteiger partial charge in [-0.3, -0.25) is 0 Å². The van der Waals surface area contributed by atoms with Gasteiger partial charge in [-0.15, -0.1) is 0 Å². The minimum atomic E-state index is -0.422. The van der Waals surface area contributed by atoms with Crippen molar-refractivity contribution in [2.24, 2.45) is 0 Å². The lowest BCUT2D eigenvalue weighted by Crippen LogP contribution is -2.28. The van der Waals surface area contributed by atoms with E-state index in [-0.39, 0.29) is 11.2 Å². The zero-order valence-corrected chi connectivity index (χ0v) is 19.1. The maximum Gasteiger partial charge on any atom is 0.123 e. The largest absolute Gasteiger partial charge is 0.236 e. The van der Waals surface area contributed by atoms with Crippen LogP contribution in [0.3, 0.4) is 0 Å². The highest BCUT2D eigenvalue weighted by atomic mass is 17.2. The van der Waals surface area contributed by atoms with Gasteiger partial charge in [-0.05, 0) is 67.4 Å². The molecule has 0 saturated carbocycles. The van der Waals surface area contributed by atoms with Gasteiger partial charge < -0.3 is 0 Å². The zero-order valence-electron chi connectivity index (χ0n) is 19.1. The molecule has 0 unspecified atom stereocenters. The van der Waals surface area contributed by atoms with E-state index in [4.69, 9.17) is 19.6 Å². The second-order valence-corrected chi connectivity index (χ2v) is 9.23. The van der Waals surface area contributed by atoms with E-state index in [0.717, 1.165) is 18.6 Å². The van der Waals surface area contributed by atoms with Crippen LogP contribution in [0.1, 0.15) is 93.6 Å². The van der Waals surface area contributed by atoms with Crippen LogP contribution in [-0.2, 0) is 25.2 Å². The first kappa shape index (κ1) is 26.1.